The fraction of sp³-hybridized carbons (Fsp3) is 0.545. The molecule has 1 atom stereocenters. The molecule has 0 radical (unpaired) electrons. The Morgan fingerprint density at radius 3 is 2.16 bits per heavy atom. The standard InChI is InChI=1S/C22H36O3/c1-3-5-7-9-10-11-12-16-20(23)17-14-15-19-22(25)21(24)18-13-8-6-4-2/h4,6,8,13,15,18-20,23-25H,2-3,5,7,9-12,14,16-17H2,1H3. The molecular weight excluding hydrogens is 312 g/mol. The molecule has 0 aliphatic heterocycles. The number of hydrogen-bond donors (Lipinski definition) is 3. The average Bonchev–Trinajstić information content (AvgIpc) is 2.61. The lowest BCUT2D eigenvalue weighted by Crippen LogP contribution is -2.05. The predicted octanol–water partition coefficient (Wildman–Crippen LogP) is 6.45. The highest BCUT2D eigenvalue weighted by molar-refractivity contribution is 5.25. The van der Waals surface area contributed by atoms with Crippen LogP contribution >= 0.6 is 0 Å². The third kappa shape index (κ3) is 15.5. The van der Waals surface area contributed by atoms with Gasteiger partial charge in [0.15, 0.2) is 11.5 Å². The van der Waals surface area contributed by atoms with Gasteiger partial charge in [-0.3, -0.25) is 0 Å². The summed E-state index contributed by atoms with van der Waals surface area (Å²) in [5.41, 5.74) is 0. The van der Waals surface area contributed by atoms with Crippen LogP contribution in [0.4, 0.5) is 0 Å². The Morgan fingerprint density at radius 1 is 0.840 bits per heavy atom. The van der Waals surface area contributed by atoms with Crippen molar-refractivity contribution in [3.8, 4) is 0 Å². The highest BCUT2D eigenvalue weighted by Gasteiger charge is 2.02. The minimum Gasteiger partial charge on any atom is -0.504 e. The van der Waals surface area contributed by atoms with E-state index in [-0.39, 0.29) is 17.6 Å². The Kier molecular flexibility index (Phi) is 15.9. The second-order valence-electron chi connectivity index (χ2n) is 6.29. The van der Waals surface area contributed by atoms with Crippen LogP contribution < -0.4 is 0 Å². The maximum Gasteiger partial charge on any atom is 0.157 e. The second kappa shape index (κ2) is 17.1. The van der Waals surface area contributed by atoms with Crippen LogP contribution in [0.2, 0.25) is 0 Å². The van der Waals surface area contributed by atoms with Crippen LogP contribution in [0, 0.1) is 0 Å². The van der Waals surface area contributed by atoms with E-state index in [1.807, 2.05) is 0 Å². The molecule has 0 bridgehead atoms. The van der Waals surface area contributed by atoms with E-state index in [0.29, 0.717) is 12.8 Å². The van der Waals surface area contributed by atoms with Crippen molar-refractivity contribution >= 4 is 0 Å². The lowest BCUT2D eigenvalue weighted by Gasteiger charge is -2.08. The summed E-state index contributed by atoms with van der Waals surface area (Å²) in [5.74, 6) is -0.363. The van der Waals surface area contributed by atoms with Crippen molar-refractivity contribution in [2.75, 3.05) is 0 Å². The fourth-order valence-corrected chi connectivity index (χ4v) is 2.43. The first-order valence-electron chi connectivity index (χ1n) is 9.54. The molecule has 0 aromatic rings. The van der Waals surface area contributed by atoms with E-state index in [4.69, 9.17) is 0 Å². The topological polar surface area (TPSA) is 60.7 Å². The first-order valence-corrected chi connectivity index (χ1v) is 9.54. The lowest BCUT2D eigenvalue weighted by molar-refractivity contribution is 0.152. The second-order valence-corrected chi connectivity index (χ2v) is 6.29. The van der Waals surface area contributed by atoms with Crippen LogP contribution in [0.15, 0.2) is 60.6 Å². The van der Waals surface area contributed by atoms with Crippen LogP contribution in [0.25, 0.3) is 0 Å². The molecule has 0 heterocycles. The first-order chi connectivity index (χ1) is 12.1. The van der Waals surface area contributed by atoms with Crippen LogP contribution in [-0.4, -0.2) is 21.4 Å². The van der Waals surface area contributed by atoms with E-state index < -0.39 is 0 Å². The minimum atomic E-state index is -0.288. The maximum atomic E-state index is 9.95. The van der Waals surface area contributed by atoms with Crippen molar-refractivity contribution < 1.29 is 15.3 Å². The zero-order valence-electron chi connectivity index (χ0n) is 15.7. The number of aliphatic hydroxyl groups excluding tert-OH is 3. The van der Waals surface area contributed by atoms with Gasteiger partial charge in [-0.2, -0.15) is 0 Å². The van der Waals surface area contributed by atoms with Gasteiger partial charge in [0.25, 0.3) is 0 Å². The van der Waals surface area contributed by atoms with Gasteiger partial charge in [0.05, 0.1) is 6.10 Å². The van der Waals surface area contributed by atoms with Crippen molar-refractivity contribution in [3.05, 3.63) is 60.6 Å². The quantitative estimate of drug-likeness (QED) is 0.181. The van der Waals surface area contributed by atoms with Crippen LogP contribution in [-0.2, 0) is 0 Å². The Labute approximate surface area is 153 Å². The molecule has 0 rings (SSSR count). The first kappa shape index (κ1) is 23.3. The summed E-state index contributed by atoms with van der Waals surface area (Å²) in [5, 5.41) is 29.3. The van der Waals surface area contributed by atoms with Crippen molar-refractivity contribution in [1.29, 1.82) is 0 Å². The van der Waals surface area contributed by atoms with E-state index >= 15 is 0 Å². The third-order valence-corrected chi connectivity index (χ3v) is 3.96. The van der Waals surface area contributed by atoms with Gasteiger partial charge < -0.3 is 15.3 Å². The zero-order chi connectivity index (χ0) is 18.8. The van der Waals surface area contributed by atoms with Crippen LogP contribution in [0.3, 0.4) is 0 Å². The lowest BCUT2D eigenvalue weighted by atomic mass is 10.0. The van der Waals surface area contributed by atoms with Crippen molar-refractivity contribution in [3.63, 3.8) is 0 Å². The monoisotopic (exact) mass is 348 g/mol. The Morgan fingerprint density at radius 2 is 1.48 bits per heavy atom. The molecule has 0 aliphatic rings. The Balaban J connectivity index is 3.85. The number of hydrogen-bond acceptors (Lipinski definition) is 3. The zero-order valence-corrected chi connectivity index (χ0v) is 15.7. The molecular formula is C22H36O3. The van der Waals surface area contributed by atoms with E-state index in [0.717, 1.165) is 12.8 Å². The van der Waals surface area contributed by atoms with Gasteiger partial charge in [-0.15, -0.1) is 0 Å². The van der Waals surface area contributed by atoms with Gasteiger partial charge in [0, 0.05) is 0 Å². The molecule has 3 heteroatoms. The molecule has 0 fully saturated rings. The normalized spacial score (nSPS) is 14.5. The van der Waals surface area contributed by atoms with Crippen molar-refractivity contribution in [1.82, 2.24) is 0 Å². The molecule has 0 amide bonds. The van der Waals surface area contributed by atoms with Crippen LogP contribution in [0.5, 0.6) is 0 Å². The molecule has 0 aromatic heterocycles. The molecule has 25 heavy (non-hydrogen) atoms. The van der Waals surface area contributed by atoms with E-state index in [2.05, 4.69) is 13.5 Å². The van der Waals surface area contributed by atoms with E-state index in [9.17, 15) is 15.3 Å². The van der Waals surface area contributed by atoms with Gasteiger partial charge in [0.2, 0.25) is 0 Å². The number of allylic oxidation sites excluding steroid dienone is 7. The van der Waals surface area contributed by atoms with Gasteiger partial charge >= 0.3 is 0 Å². The van der Waals surface area contributed by atoms with Crippen LogP contribution in [0.1, 0.15) is 71.1 Å². The summed E-state index contributed by atoms with van der Waals surface area (Å²) >= 11 is 0. The predicted molar refractivity (Wildman–Crippen MR) is 108 cm³/mol. The summed E-state index contributed by atoms with van der Waals surface area (Å²) in [7, 11) is 0. The van der Waals surface area contributed by atoms with Gasteiger partial charge in [-0.1, -0.05) is 88.8 Å². The summed E-state index contributed by atoms with van der Waals surface area (Å²) in [6, 6.07) is 0. The third-order valence-electron chi connectivity index (χ3n) is 3.96. The number of aliphatic hydroxyl groups is 3. The number of unbranched alkanes of at least 4 members (excludes halogenated alkanes) is 6. The van der Waals surface area contributed by atoms with Gasteiger partial charge in [-0.05, 0) is 31.4 Å². The average molecular weight is 349 g/mol. The smallest absolute Gasteiger partial charge is 0.157 e. The molecule has 3 N–H and O–H groups in total. The molecule has 3 nitrogen and oxygen atoms in total. The minimum absolute atomic E-state index is 0.176. The number of rotatable bonds is 15. The molecule has 0 aliphatic carbocycles. The molecule has 142 valence electrons. The Hall–Kier alpha value is -1.74. The largest absolute Gasteiger partial charge is 0.504 e. The van der Waals surface area contributed by atoms with E-state index in [1.165, 1.54) is 50.7 Å². The highest BCUT2D eigenvalue weighted by Crippen LogP contribution is 2.12. The van der Waals surface area contributed by atoms with Crippen molar-refractivity contribution in [2.24, 2.45) is 0 Å². The summed E-state index contributed by atoms with van der Waals surface area (Å²) in [6.07, 6.45) is 22.0. The Bertz CT molecular complexity index is 444. The SMILES string of the molecule is C=CC=CC=CC(O)=C(O)C=CCCC(O)CCCCCCCCC. The summed E-state index contributed by atoms with van der Waals surface area (Å²) in [4.78, 5) is 0. The maximum absolute atomic E-state index is 9.95. The highest BCUT2D eigenvalue weighted by atomic mass is 16.3. The molecule has 1 unspecified atom stereocenters. The molecule has 0 spiro atoms. The molecule has 0 aromatic carbocycles. The van der Waals surface area contributed by atoms with E-state index in [1.54, 1.807) is 30.4 Å². The summed E-state index contributed by atoms with van der Waals surface area (Å²) < 4.78 is 0. The molecule has 0 saturated heterocycles. The summed E-state index contributed by atoms with van der Waals surface area (Å²) in [6.45, 7) is 5.76. The fourth-order valence-electron chi connectivity index (χ4n) is 2.43. The molecule has 0 saturated carbocycles. The van der Waals surface area contributed by atoms with Gasteiger partial charge in [-0.25, -0.2) is 0 Å². The van der Waals surface area contributed by atoms with Gasteiger partial charge in [0.1, 0.15) is 0 Å². The van der Waals surface area contributed by atoms with Crippen molar-refractivity contribution in [2.45, 2.75) is 77.2 Å².